The van der Waals surface area contributed by atoms with Crippen LogP contribution in [-0.2, 0) is 14.9 Å². The summed E-state index contributed by atoms with van der Waals surface area (Å²) >= 11 is 0. The molecule has 8 heteroatoms. The van der Waals surface area contributed by atoms with Gasteiger partial charge in [-0.1, -0.05) is 12.6 Å². The van der Waals surface area contributed by atoms with Crippen molar-refractivity contribution in [1.29, 1.82) is 0 Å². The van der Waals surface area contributed by atoms with E-state index in [9.17, 15) is 22.4 Å². The molecule has 1 aliphatic rings. The first-order chi connectivity index (χ1) is 12.1. The van der Waals surface area contributed by atoms with Crippen LogP contribution in [0, 0.1) is 5.82 Å². The number of carbonyl (C=O) groups is 1. The van der Waals surface area contributed by atoms with Gasteiger partial charge in [0.15, 0.2) is 11.6 Å². The first-order valence-electron chi connectivity index (χ1n) is 7.61. The molecule has 1 aliphatic carbocycles. The predicted molar refractivity (Wildman–Crippen MR) is 87.7 cm³/mol. The molecule has 1 fully saturated rings. The van der Waals surface area contributed by atoms with Crippen molar-refractivity contribution in [1.82, 2.24) is 0 Å². The summed E-state index contributed by atoms with van der Waals surface area (Å²) in [5.41, 5.74) is -2.07. The van der Waals surface area contributed by atoms with Gasteiger partial charge in [0, 0.05) is 13.1 Å². The molecule has 2 rings (SSSR count). The molecule has 4 nitrogen and oxygen atoms in total. The molecule has 1 aromatic carbocycles. The molecule has 0 amide bonds. The third-order valence-corrected chi connectivity index (χ3v) is 4.09. The van der Waals surface area contributed by atoms with E-state index in [1.165, 1.54) is 32.4 Å². The molecule has 1 saturated carbocycles. The van der Waals surface area contributed by atoms with Crippen LogP contribution < -0.4 is 4.74 Å². The maximum Gasteiger partial charge on any atom is 0.398 e. The van der Waals surface area contributed by atoms with Crippen molar-refractivity contribution in [2.24, 2.45) is 4.99 Å². The fraction of sp³-hybridized carbons (Fsp3) is 0.333. The Hall–Kier alpha value is -2.64. The zero-order valence-electron chi connectivity index (χ0n) is 14.2. The molecule has 0 aliphatic heterocycles. The molecule has 0 N–H and O–H groups in total. The average Bonchev–Trinajstić information content (AvgIpc) is 3.40. The lowest BCUT2D eigenvalue weighted by molar-refractivity contribution is -0.160. The van der Waals surface area contributed by atoms with E-state index >= 15 is 0 Å². The van der Waals surface area contributed by atoms with Crippen LogP contribution in [0.4, 0.5) is 17.6 Å². The van der Waals surface area contributed by atoms with Crippen molar-refractivity contribution in [3.63, 3.8) is 0 Å². The largest absolute Gasteiger partial charge is 0.465 e. The standard InChI is InChI=1S/C18H17F4NO3/c1-11(16(24)25-3)4-7-15(23-2)26-14-6-5-12(10-13(14)19)17(8-9-17)18(20,21)22/h4-7,10H,1,8-9H2,2-3H3/b7-4-,23-15?. The molecule has 0 saturated heterocycles. The summed E-state index contributed by atoms with van der Waals surface area (Å²) in [6.07, 6.45) is -2.00. The highest BCUT2D eigenvalue weighted by atomic mass is 19.4. The van der Waals surface area contributed by atoms with Crippen molar-refractivity contribution in [2.75, 3.05) is 14.2 Å². The number of aliphatic imine (C=N–C) groups is 1. The zero-order chi connectivity index (χ0) is 19.5. The van der Waals surface area contributed by atoms with Gasteiger partial charge in [-0.25, -0.2) is 9.18 Å². The number of methoxy groups -OCH3 is 1. The van der Waals surface area contributed by atoms with Crippen LogP contribution >= 0.6 is 0 Å². The number of carbonyl (C=O) groups excluding carboxylic acids is 1. The number of benzene rings is 1. The Morgan fingerprint density at radius 1 is 1.31 bits per heavy atom. The van der Waals surface area contributed by atoms with Crippen LogP contribution in [0.3, 0.4) is 0 Å². The second-order valence-electron chi connectivity index (χ2n) is 5.74. The molecule has 0 unspecified atom stereocenters. The van der Waals surface area contributed by atoms with Crippen LogP contribution in [0.15, 0.2) is 47.5 Å². The fourth-order valence-electron chi connectivity index (χ4n) is 2.38. The van der Waals surface area contributed by atoms with Crippen molar-refractivity contribution in [3.05, 3.63) is 53.9 Å². The summed E-state index contributed by atoms with van der Waals surface area (Å²) in [6, 6.07) is 3.16. The van der Waals surface area contributed by atoms with Crippen molar-refractivity contribution in [2.45, 2.75) is 24.4 Å². The molecule has 0 radical (unpaired) electrons. The Kier molecular flexibility index (Phi) is 5.53. The van der Waals surface area contributed by atoms with E-state index in [1.54, 1.807) is 0 Å². The second kappa shape index (κ2) is 7.31. The number of hydrogen-bond acceptors (Lipinski definition) is 4. The van der Waals surface area contributed by atoms with E-state index in [0.717, 1.165) is 12.1 Å². The van der Waals surface area contributed by atoms with Gasteiger partial charge in [0.1, 0.15) is 0 Å². The van der Waals surface area contributed by atoms with Gasteiger partial charge in [0.05, 0.1) is 18.1 Å². The molecule has 0 atom stereocenters. The van der Waals surface area contributed by atoms with E-state index in [0.29, 0.717) is 0 Å². The summed E-state index contributed by atoms with van der Waals surface area (Å²) in [5, 5.41) is 0. The molecule has 0 bridgehead atoms. The monoisotopic (exact) mass is 371 g/mol. The summed E-state index contributed by atoms with van der Waals surface area (Å²) in [7, 11) is 2.56. The van der Waals surface area contributed by atoms with Crippen LogP contribution in [0.25, 0.3) is 0 Å². The fourth-order valence-corrected chi connectivity index (χ4v) is 2.38. The van der Waals surface area contributed by atoms with Gasteiger partial charge >= 0.3 is 12.1 Å². The lowest BCUT2D eigenvalue weighted by Gasteiger charge is -2.20. The first kappa shape index (κ1) is 19.7. The van der Waals surface area contributed by atoms with Gasteiger partial charge < -0.3 is 9.47 Å². The van der Waals surface area contributed by atoms with E-state index in [4.69, 9.17) is 4.74 Å². The predicted octanol–water partition coefficient (Wildman–Crippen LogP) is 4.11. The lowest BCUT2D eigenvalue weighted by Crippen LogP contribution is -2.28. The van der Waals surface area contributed by atoms with Crippen molar-refractivity contribution < 1.29 is 31.8 Å². The molecular formula is C18H17F4NO3. The minimum Gasteiger partial charge on any atom is -0.465 e. The topological polar surface area (TPSA) is 47.9 Å². The average molecular weight is 371 g/mol. The summed E-state index contributed by atoms with van der Waals surface area (Å²) in [4.78, 5) is 15.0. The second-order valence-corrected chi connectivity index (χ2v) is 5.74. The van der Waals surface area contributed by atoms with Crippen LogP contribution in [0.5, 0.6) is 5.75 Å². The molecule has 1 aromatic rings. The van der Waals surface area contributed by atoms with Gasteiger partial charge in [0.2, 0.25) is 5.90 Å². The SMILES string of the molecule is C=C(/C=C\C(=NC)Oc1ccc(C2(C(F)(F)F)CC2)cc1F)C(=O)OC. The number of rotatable bonds is 5. The highest BCUT2D eigenvalue weighted by molar-refractivity contribution is 5.95. The van der Waals surface area contributed by atoms with E-state index < -0.39 is 23.4 Å². The Morgan fingerprint density at radius 2 is 1.96 bits per heavy atom. The molecular weight excluding hydrogens is 354 g/mol. The molecule has 0 heterocycles. The number of halogens is 4. The Labute approximate surface area is 147 Å². The van der Waals surface area contributed by atoms with E-state index in [-0.39, 0.29) is 35.6 Å². The van der Waals surface area contributed by atoms with Gasteiger partial charge in [-0.2, -0.15) is 13.2 Å². The van der Waals surface area contributed by atoms with Gasteiger partial charge in [-0.05, 0) is 36.6 Å². The molecule has 140 valence electrons. The van der Waals surface area contributed by atoms with Gasteiger partial charge in [-0.15, -0.1) is 0 Å². The Morgan fingerprint density at radius 3 is 2.42 bits per heavy atom. The third-order valence-electron chi connectivity index (χ3n) is 4.09. The minimum absolute atomic E-state index is 0.0222. The highest BCUT2D eigenvalue weighted by Gasteiger charge is 2.64. The number of nitrogens with zero attached hydrogens (tertiary/aromatic N) is 1. The molecule has 0 spiro atoms. The van der Waals surface area contributed by atoms with Crippen molar-refractivity contribution in [3.8, 4) is 5.75 Å². The van der Waals surface area contributed by atoms with E-state index in [1.807, 2.05) is 0 Å². The summed E-state index contributed by atoms with van der Waals surface area (Å²) in [6.45, 7) is 3.47. The van der Waals surface area contributed by atoms with Crippen LogP contribution in [-0.4, -0.2) is 32.2 Å². The normalized spacial score (nSPS) is 16.5. The van der Waals surface area contributed by atoms with Crippen LogP contribution in [0.1, 0.15) is 18.4 Å². The Balaban J connectivity index is 2.16. The summed E-state index contributed by atoms with van der Waals surface area (Å²) in [5.74, 6) is -1.92. The van der Waals surface area contributed by atoms with E-state index in [2.05, 4.69) is 16.3 Å². The Bertz CT molecular complexity index is 777. The van der Waals surface area contributed by atoms with Gasteiger partial charge in [-0.3, -0.25) is 4.99 Å². The number of esters is 1. The maximum atomic E-state index is 14.2. The lowest BCUT2D eigenvalue weighted by atomic mass is 9.95. The van der Waals surface area contributed by atoms with Crippen molar-refractivity contribution >= 4 is 11.9 Å². The number of ether oxygens (including phenoxy) is 2. The zero-order valence-corrected chi connectivity index (χ0v) is 14.2. The van der Waals surface area contributed by atoms with Crippen LogP contribution in [0.2, 0.25) is 0 Å². The molecule has 0 aromatic heterocycles. The maximum absolute atomic E-state index is 14.2. The highest BCUT2D eigenvalue weighted by Crippen LogP contribution is 2.59. The first-order valence-corrected chi connectivity index (χ1v) is 7.61. The van der Waals surface area contributed by atoms with Gasteiger partial charge in [0.25, 0.3) is 0 Å². The molecule has 26 heavy (non-hydrogen) atoms. The number of alkyl halides is 3. The summed E-state index contributed by atoms with van der Waals surface area (Å²) < 4.78 is 63.3. The minimum atomic E-state index is -4.42. The smallest absolute Gasteiger partial charge is 0.398 e. The quantitative estimate of drug-likeness (QED) is 0.195. The third kappa shape index (κ3) is 3.95. The number of hydrogen-bond donors (Lipinski definition) is 0.